The van der Waals surface area contributed by atoms with E-state index in [1.165, 1.54) is 6.42 Å². The third kappa shape index (κ3) is 3.72. The van der Waals surface area contributed by atoms with E-state index in [1.54, 1.807) is 12.4 Å². The van der Waals surface area contributed by atoms with Crippen molar-refractivity contribution >= 4 is 5.91 Å². The summed E-state index contributed by atoms with van der Waals surface area (Å²) in [4.78, 5) is 28.9. The maximum atomic E-state index is 13.5. The third-order valence-corrected chi connectivity index (χ3v) is 8.49. The van der Waals surface area contributed by atoms with Gasteiger partial charge >= 0.3 is 0 Å². The number of amides is 1. The van der Waals surface area contributed by atoms with Crippen molar-refractivity contribution in [2.45, 2.75) is 69.3 Å². The van der Waals surface area contributed by atoms with Crippen molar-refractivity contribution in [1.29, 1.82) is 0 Å². The van der Waals surface area contributed by atoms with Crippen LogP contribution in [-0.2, 0) is 4.79 Å². The molecule has 6 heteroatoms. The highest BCUT2D eigenvalue weighted by molar-refractivity contribution is 5.77. The predicted molar refractivity (Wildman–Crippen MR) is 120 cm³/mol. The molecule has 7 rings (SSSR count). The quantitative estimate of drug-likeness (QED) is 0.791. The number of aromatic nitrogens is 3. The Morgan fingerprint density at radius 3 is 2.62 bits per heavy atom. The van der Waals surface area contributed by atoms with Gasteiger partial charge in [-0.15, -0.1) is 0 Å². The molecule has 2 aromatic heterocycles. The van der Waals surface area contributed by atoms with Gasteiger partial charge in [0.05, 0.1) is 5.60 Å². The van der Waals surface area contributed by atoms with Crippen LogP contribution in [0.3, 0.4) is 0 Å². The highest BCUT2D eigenvalue weighted by atomic mass is 16.3. The summed E-state index contributed by atoms with van der Waals surface area (Å²) in [6, 6.07) is 5.85. The molecule has 6 nitrogen and oxygen atoms in total. The molecule has 1 aliphatic heterocycles. The van der Waals surface area contributed by atoms with E-state index in [-0.39, 0.29) is 17.2 Å². The minimum absolute atomic E-state index is 0.0340. The van der Waals surface area contributed by atoms with Crippen LogP contribution in [0, 0.1) is 17.3 Å². The number of aliphatic hydroxyl groups is 1. The molecule has 3 heterocycles. The van der Waals surface area contributed by atoms with Gasteiger partial charge in [-0.1, -0.05) is 0 Å². The van der Waals surface area contributed by atoms with Crippen LogP contribution in [0.1, 0.15) is 69.4 Å². The van der Waals surface area contributed by atoms with Gasteiger partial charge in [0.25, 0.3) is 0 Å². The summed E-state index contributed by atoms with van der Waals surface area (Å²) < 4.78 is 0. The highest BCUT2D eigenvalue weighted by Gasteiger charge is 2.57. The zero-order valence-corrected chi connectivity index (χ0v) is 18.6. The summed E-state index contributed by atoms with van der Waals surface area (Å²) >= 11 is 0. The molecule has 4 saturated carbocycles. The summed E-state index contributed by atoms with van der Waals surface area (Å²) in [5.74, 6) is 2.49. The van der Waals surface area contributed by atoms with Crippen molar-refractivity contribution in [3.8, 4) is 11.4 Å². The third-order valence-electron chi connectivity index (χ3n) is 8.49. The molecule has 1 saturated heterocycles. The number of hydrogen-bond donors (Lipinski definition) is 1. The van der Waals surface area contributed by atoms with Gasteiger partial charge in [0.15, 0.2) is 5.82 Å². The fourth-order valence-corrected chi connectivity index (χ4v) is 7.73. The largest absolute Gasteiger partial charge is 0.390 e. The highest BCUT2D eigenvalue weighted by Crippen LogP contribution is 2.63. The van der Waals surface area contributed by atoms with Crippen LogP contribution < -0.4 is 0 Å². The Bertz CT molecular complexity index is 996. The number of hydrogen-bond acceptors (Lipinski definition) is 5. The van der Waals surface area contributed by atoms with Crippen LogP contribution in [0.15, 0.2) is 36.8 Å². The fraction of sp³-hybridized carbons (Fsp3) is 0.615. The first-order valence-corrected chi connectivity index (χ1v) is 12.2. The van der Waals surface area contributed by atoms with Gasteiger partial charge in [0, 0.05) is 55.3 Å². The molecule has 32 heavy (non-hydrogen) atoms. The van der Waals surface area contributed by atoms with E-state index in [0.717, 1.165) is 75.1 Å². The second-order valence-electron chi connectivity index (χ2n) is 11.1. The Balaban J connectivity index is 1.16. The lowest BCUT2D eigenvalue weighted by molar-refractivity contribution is -0.172. The number of rotatable bonds is 4. The molecule has 5 aliphatic rings. The molecule has 0 aromatic carbocycles. The standard InChI is InChI=1S/C26H32N4O2/c31-23(15-25-11-18-10-19(12-25)14-26(32,13-18)17-25)30-9-1-2-21(16-30)22-5-8-28-24(29-22)20-3-6-27-7-4-20/h3-8,18-19,21,32H,1-2,9-17H2/t18-,19-,21+,25?,26?/m1/s1. The molecular formula is C26H32N4O2. The summed E-state index contributed by atoms with van der Waals surface area (Å²) in [6.07, 6.45) is 14.3. The summed E-state index contributed by atoms with van der Waals surface area (Å²) in [5.41, 5.74) is 1.52. The van der Waals surface area contributed by atoms with Crippen LogP contribution >= 0.6 is 0 Å². The van der Waals surface area contributed by atoms with Crippen molar-refractivity contribution in [2.24, 2.45) is 17.3 Å². The van der Waals surface area contributed by atoms with Crippen LogP contribution in [0.2, 0.25) is 0 Å². The summed E-state index contributed by atoms with van der Waals surface area (Å²) in [7, 11) is 0. The summed E-state index contributed by atoms with van der Waals surface area (Å²) in [6.45, 7) is 1.57. The molecule has 1 N–H and O–H groups in total. The fourth-order valence-electron chi connectivity index (χ4n) is 7.73. The minimum Gasteiger partial charge on any atom is -0.390 e. The molecule has 0 radical (unpaired) electrons. The lowest BCUT2D eigenvalue weighted by Crippen LogP contribution is -2.56. The molecule has 4 aliphatic carbocycles. The Labute approximate surface area is 189 Å². The van der Waals surface area contributed by atoms with Gasteiger partial charge in [-0.3, -0.25) is 9.78 Å². The molecule has 2 aromatic rings. The van der Waals surface area contributed by atoms with Crippen LogP contribution in [0.25, 0.3) is 11.4 Å². The van der Waals surface area contributed by atoms with Gasteiger partial charge in [-0.2, -0.15) is 0 Å². The second-order valence-corrected chi connectivity index (χ2v) is 11.1. The maximum Gasteiger partial charge on any atom is 0.223 e. The lowest BCUT2D eigenvalue weighted by atomic mass is 9.47. The summed E-state index contributed by atoms with van der Waals surface area (Å²) in [5, 5.41) is 11.1. The number of likely N-dealkylation sites (tertiary alicyclic amines) is 1. The topological polar surface area (TPSA) is 79.2 Å². The van der Waals surface area contributed by atoms with E-state index in [1.807, 2.05) is 24.4 Å². The minimum atomic E-state index is -0.501. The number of carbonyl (C=O) groups is 1. The van der Waals surface area contributed by atoms with Crippen molar-refractivity contribution in [2.75, 3.05) is 13.1 Å². The van der Waals surface area contributed by atoms with E-state index in [9.17, 15) is 9.90 Å². The van der Waals surface area contributed by atoms with E-state index in [0.29, 0.717) is 18.3 Å². The first kappa shape index (κ1) is 20.3. The molecule has 0 spiro atoms. The average Bonchev–Trinajstić information content (AvgIpc) is 2.78. The zero-order chi connectivity index (χ0) is 21.8. The molecule has 0 unspecified atom stereocenters. The van der Waals surface area contributed by atoms with E-state index >= 15 is 0 Å². The zero-order valence-electron chi connectivity index (χ0n) is 18.6. The van der Waals surface area contributed by atoms with Crippen LogP contribution in [-0.4, -0.2) is 49.6 Å². The smallest absolute Gasteiger partial charge is 0.223 e. The monoisotopic (exact) mass is 432 g/mol. The van der Waals surface area contributed by atoms with Crippen molar-refractivity contribution in [3.05, 3.63) is 42.5 Å². The predicted octanol–water partition coefficient (Wildman–Crippen LogP) is 3.97. The maximum absolute atomic E-state index is 13.5. The first-order chi connectivity index (χ1) is 15.5. The van der Waals surface area contributed by atoms with E-state index < -0.39 is 5.60 Å². The second kappa shape index (κ2) is 7.62. The van der Waals surface area contributed by atoms with Gasteiger partial charge in [0.2, 0.25) is 5.91 Å². The SMILES string of the molecule is O=C(CC12C[C@H]3C[C@@H](CC(O)(C3)C1)C2)N1CCC[C@H](c2ccnc(-c3ccncc3)n2)C1. The Kier molecular flexibility index (Phi) is 4.83. The number of piperidine rings is 1. The number of nitrogens with zero attached hydrogens (tertiary/aromatic N) is 4. The van der Waals surface area contributed by atoms with Crippen molar-refractivity contribution < 1.29 is 9.90 Å². The molecule has 5 fully saturated rings. The van der Waals surface area contributed by atoms with Crippen LogP contribution in [0.5, 0.6) is 0 Å². The first-order valence-electron chi connectivity index (χ1n) is 12.2. The molecule has 1 amide bonds. The molecule has 3 atom stereocenters. The lowest BCUT2D eigenvalue weighted by Gasteiger charge is -2.60. The normalized spacial score (nSPS) is 35.8. The molecule has 4 bridgehead atoms. The van der Waals surface area contributed by atoms with Crippen LogP contribution in [0.4, 0.5) is 0 Å². The Morgan fingerprint density at radius 2 is 1.88 bits per heavy atom. The molecule has 168 valence electrons. The Hall–Kier alpha value is -2.34. The van der Waals surface area contributed by atoms with Crippen molar-refractivity contribution in [1.82, 2.24) is 19.9 Å². The van der Waals surface area contributed by atoms with Gasteiger partial charge in [0.1, 0.15) is 0 Å². The number of pyridine rings is 1. The van der Waals surface area contributed by atoms with Gasteiger partial charge < -0.3 is 10.0 Å². The van der Waals surface area contributed by atoms with Gasteiger partial charge in [-0.25, -0.2) is 9.97 Å². The Morgan fingerprint density at radius 1 is 1.09 bits per heavy atom. The van der Waals surface area contributed by atoms with E-state index in [2.05, 4.69) is 14.9 Å². The molecular weight excluding hydrogens is 400 g/mol. The average molecular weight is 433 g/mol. The number of carbonyl (C=O) groups excluding carboxylic acids is 1. The van der Waals surface area contributed by atoms with Gasteiger partial charge in [-0.05, 0) is 86.8 Å². The van der Waals surface area contributed by atoms with E-state index in [4.69, 9.17) is 4.98 Å². The van der Waals surface area contributed by atoms with Crippen molar-refractivity contribution in [3.63, 3.8) is 0 Å².